The molecule has 0 fully saturated rings. The molecule has 2 aromatic rings. The standard InChI is InChI=1S/C16H15F3N2O3S/c17-16(18,19)11-20-15(22)13-6-8-14(9-7-13)25(23,24)21-10-12-4-2-1-3-5-12/h1-9,21H,10-11H2,(H,20,22). The molecule has 0 aliphatic carbocycles. The maximum Gasteiger partial charge on any atom is 0.405 e. The van der Waals surface area contributed by atoms with Crippen LogP contribution in [0.15, 0.2) is 59.5 Å². The lowest BCUT2D eigenvalue weighted by atomic mass is 10.2. The van der Waals surface area contributed by atoms with Gasteiger partial charge >= 0.3 is 6.18 Å². The normalized spacial score (nSPS) is 12.0. The van der Waals surface area contributed by atoms with E-state index >= 15 is 0 Å². The van der Waals surface area contributed by atoms with Gasteiger partial charge in [-0.05, 0) is 29.8 Å². The highest BCUT2D eigenvalue weighted by Gasteiger charge is 2.28. The van der Waals surface area contributed by atoms with Crippen molar-refractivity contribution in [1.82, 2.24) is 10.0 Å². The van der Waals surface area contributed by atoms with Crippen molar-refractivity contribution in [1.29, 1.82) is 0 Å². The van der Waals surface area contributed by atoms with Crippen molar-refractivity contribution >= 4 is 15.9 Å². The first-order valence-corrected chi connectivity index (χ1v) is 8.64. The van der Waals surface area contributed by atoms with E-state index in [1.54, 1.807) is 35.6 Å². The van der Waals surface area contributed by atoms with Crippen LogP contribution in [-0.2, 0) is 16.6 Å². The molecule has 134 valence electrons. The molecular weight excluding hydrogens is 357 g/mol. The fourth-order valence-electron chi connectivity index (χ4n) is 1.93. The lowest BCUT2D eigenvalue weighted by Crippen LogP contribution is -2.33. The lowest BCUT2D eigenvalue weighted by molar-refractivity contribution is -0.123. The van der Waals surface area contributed by atoms with Gasteiger partial charge in [0.15, 0.2) is 0 Å². The smallest absolute Gasteiger partial charge is 0.343 e. The quantitative estimate of drug-likeness (QED) is 0.818. The van der Waals surface area contributed by atoms with Crippen LogP contribution in [0.5, 0.6) is 0 Å². The highest BCUT2D eigenvalue weighted by Crippen LogP contribution is 2.14. The van der Waals surface area contributed by atoms with Gasteiger partial charge in [-0.15, -0.1) is 0 Å². The first-order valence-electron chi connectivity index (χ1n) is 7.16. The molecule has 5 nitrogen and oxygen atoms in total. The summed E-state index contributed by atoms with van der Waals surface area (Å²) >= 11 is 0. The Morgan fingerprint density at radius 1 is 0.960 bits per heavy atom. The van der Waals surface area contributed by atoms with E-state index < -0.39 is 28.7 Å². The van der Waals surface area contributed by atoms with Crippen LogP contribution in [0.2, 0.25) is 0 Å². The van der Waals surface area contributed by atoms with Gasteiger partial charge in [-0.25, -0.2) is 13.1 Å². The minimum Gasteiger partial charge on any atom is -0.343 e. The van der Waals surface area contributed by atoms with Crippen molar-refractivity contribution in [3.8, 4) is 0 Å². The molecule has 0 heterocycles. The van der Waals surface area contributed by atoms with Gasteiger partial charge in [0.1, 0.15) is 6.54 Å². The maximum absolute atomic E-state index is 12.2. The number of rotatable bonds is 6. The van der Waals surface area contributed by atoms with Crippen LogP contribution in [0, 0.1) is 0 Å². The van der Waals surface area contributed by atoms with Crippen LogP contribution < -0.4 is 10.0 Å². The van der Waals surface area contributed by atoms with Gasteiger partial charge in [-0.1, -0.05) is 30.3 Å². The van der Waals surface area contributed by atoms with Crippen LogP contribution in [-0.4, -0.2) is 27.0 Å². The summed E-state index contributed by atoms with van der Waals surface area (Å²) in [6.07, 6.45) is -4.51. The van der Waals surface area contributed by atoms with E-state index in [0.29, 0.717) is 0 Å². The zero-order valence-corrected chi connectivity index (χ0v) is 13.7. The number of sulfonamides is 1. The predicted molar refractivity (Wildman–Crippen MR) is 85.3 cm³/mol. The second-order valence-corrected chi connectivity index (χ2v) is 6.90. The summed E-state index contributed by atoms with van der Waals surface area (Å²) < 4.78 is 63.0. The molecule has 0 spiro atoms. The summed E-state index contributed by atoms with van der Waals surface area (Å²) in [5.74, 6) is -0.932. The van der Waals surface area contributed by atoms with Gasteiger partial charge in [0.25, 0.3) is 5.91 Å². The molecule has 0 aliphatic heterocycles. The van der Waals surface area contributed by atoms with Gasteiger partial charge < -0.3 is 5.32 Å². The monoisotopic (exact) mass is 372 g/mol. The topological polar surface area (TPSA) is 75.3 Å². The van der Waals surface area contributed by atoms with Crippen LogP contribution in [0.4, 0.5) is 13.2 Å². The molecule has 0 aliphatic rings. The van der Waals surface area contributed by atoms with Gasteiger partial charge in [0, 0.05) is 12.1 Å². The molecule has 1 amide bonds. The molecule has 2 N–H and O–H groups in total. The molecule has 0 unspecified atom stereocenters. The summed E-state index contributed by atoms with van der Waals surface area (Å²) in [6.45, 7) is -1.36. The first kappa shape index (κ1) is 18.9. The Morgan fingerprint density at radius 2 is 1.56 bits per heavy atom. The number of carbonyl (C=O) groups is 1. The van der Waals surface area contributed by atoms with E-state index in [1.807, 2.05) is 0 Å². The lowest BCUT2D eigenvalue weighted by Gasteiger charge is -2.09. The van der Waals surface area contributed by atoms with E-state index in [1.165, 1.54) is 0 Å². The molecule has 2 rings (SSSR count). The van der Waals surface area contributed by atoms with E-state index in [-0.39, 0.29) is 17.0 Å². The van der Waals surface area contributed by atoms with Crippen molar-refractivity contribution in [2.45, 2.75) is 17.6 Å². The second kappa shape index (κ2) is 7.66. The van der Waals surface area contributed by atoms with E-state index in [0.717, 1.165) is 29.8 Å². The number of halogens is 3. The van der Waals surface area contributed by atoms with Crippen molar-refractivity contribution in [3.63, 3.8) is 0 Å². The molecule has 0 atom stereocenters. The molecule has 25 heavy (non-hydrogen) atoms. The molecule has 2 aromatic carbocycles. The average molecular weight is 372 g/mol. The number of hydrogen-bond donors (Lipinski definition) is 2. The minimum atomic E-state index is -4.51. The van der Waals surface area contributed by atoms with Gasteiger partial charge in [-0.3, -0.25) is 4.79 Å². The first-order chi connectivity index (χ1) is 11.7. The maximum atomic E-state index is 12.2. The van der Waals surface area contributed by atoms with Gasteiger partial charge in [0.05, 0.1) is 4.90 Å². The third kappa shape index (κ3) is 5.87. The Hall–Kier alpha value is -2.39. The van der Waals surface area contributed by atoms with Crippen molar-refractivity contribution < 1.29 is 26.4 Å². The molecule has 0 bridgehead atoms. The Labute approximate surface area is 142 Å². The summed E-state index contributed by atoms with van der Waals surface area (Å²) in [6, 6.07) is 13.5. The number of hydrogen-bond acceptors (Lipinski definition) is 3. The van der Waals surface area contributed by atoms with E-state index in [4.69, 9.17) is 0 Å². The van der Waals surface area contributed by atoms with Gasteiger partial charge in [0.2, 0.25) is 10.0 Å². The number of benzene rings is 2. The van der Waals surface area contributed by atoms with Crippen LogP contribution >= 0.6 is 0 Å². The second-order valence-electron chi connectivity index (χ2n) is 5.13. The highest BCUT2D eigenvalue weighted by atomic mass is 32.2. The fourth-order valence-corrected chi connectivity index (χ4v) is 2.94. The molecule has 0 radical (unpaired) electrons. The Bertz CT molecular complexity index is 820. The third-order valence-electron chi connectivity index (χ3n) is 3.19. The highest BCUT2D eigenvalue weighted by molar-refractivity contribution is 7.89. The van der Waals surface area contributed by atoms with Crippen molar-refractivity contribution in [2.24, 2.45) is 0 Å². The third-order valence-corrected chi connectivity index (χ3v) is 4.60. The summed E-state index contributed by atoms with van der Waals surface area (Å²) in [5, 5.41) is 1.71. The predicted octanol–water partition coefficient (Wildman–Crippen LogP) is 2.46. The molecule has 9 heteroatoms. The fraction of sp³-hybridized carbons (Fsp3) is 0.188. The number of carbonyl (C=O) groups excluding carboxylic acids is 1. The van der Waals surface area contributed by atoms with Crippen LogP contribution in [0.3, 0.4) is 0 Å². The van der Waals surface area contributed by atoms with Gasteiger partial charge in [-0.2, -0.15) is 13.2 Å². The molecule has 0 saturated heterocycles. The minimum absolute atomic E-state index is 0.0636. The molecule has 0 aromatic heterocycles. The largest absolute Gasteiger partial charge is 0.405 e. The van der Waals surface area contributed by atoms with E-state index in [2.05, 4.69) is 4.72 Å². The Kier molecular flexibility index (Phi) is 5.81. The number of nitrogens with one attached hydrogen (secondary N) is 2. The Morgan fingerprint density at radius 3 is 2.12 bits per heavy atom. The number of alkyl halides is 3. The SMILES string of the molecule is O=C(NCC(F)(F)F)c1ccc(S(=O)(=O)NCc2ccccc2)cc1. The summed E-state index contributed by atoms with van der Waals surface area (Å²) in [5.41, 5.74) is 0.709. The summed E-state index contributed by atoms with van der Waals surface area (Å²) in [4.78, 5) is 11.5. The zero-order chi connectivity index (χ0) is 18.5. The zero-order valence-electron chi connectivity index (χ0n) is 12.9. The van der Waals surface area contributed by atoms with Crippen LogP contribution in [0.25, 0.3) is 0 Å². The summed E-state index contributed by atoms with van der Waals surface area (Å²) in [7, 11) is -3.80. The number of amides is 1. The molecule has 0 saturated carbocycles. The van der Waals surface area contributed by atoms with Crippen molar-refractivity contribution in [3.05, 3.63) is 65.7 Å². The average Bonchev–Trinajstić information content (AvgIpc) is 2.58. The van der Waals surface area contributed by atoms with Crippen LogP contribution in [0.1, 0.15) is 15.9 Å². The van der Waals surface area contributed by atoms with Crippen molar-refractivity contribution in [2.75, 3.05) is 6.54 Å². The Balaban J connectivity index is 2.01. The molecular formula is C16H15F3N2O3S. The van der Waals surface area contributed by atoms with E-state index in [9.17, 15) is 26.4 Å².